The summed E-state index contributed by atoms with van der Waals surface area (Å²) in [6.45, 7) is 0. The number of aryl methyl sites for hydroxylation is 2. The van der Waals surface area contributed by atoms with Gasteiger partial charge in [-0.1, -0.05) is 48.5 Å². The molecule has 2 aromatic carbocycles. The van der Waals surface area contributed by atoms with E-state index < -0.39 is 0 Å². The molecule has 0 N–H and O–H groups in total. The summed E-state index contributed by atoms with van der Waals surface area (Å²) in [6.07, 6.45) is 7.99. The number of hydrogen-bond acceptors (Lipinski definition) is 0. The van der Waals surface area contributed by atoms with Gasteiger partial charge in [-0.2, -0.15) is 0 Å². The molecule has 0 aromatic heterocycles. The third-order valence-corrected chi connectivity index (χ3v) is 5.37. The van der Waals surface area contributed by atoms with E-state index in [9.17, 15) is 0 Å². The number of rotatable bonds is 1. The van der Waals surface area contributed by atoms with Gasteiger partial charge in [-0.25, -0.2) is 0 Å². The molecule has 4 rings (SSSR count). The van der Waals surface area contributed by atoms with Crippen LogP contribution >= 0.6 is 0 Å². The highest BCUT2D eigenvalue weighted by atomic mass is 14.3. The molecule has 0 heteroatoms. The second kappa shape index (κ2) is 5.09. The fourth-order valence-corrected chi connectivity index (χ4v) is 4.35. The standard InChI is InChI=1S/C20H22/c1-2-8-17-14-18(13-12-15(17)6-1)20-11-5-9-16-7-3-4-10-19(16)20/h1-4,6-8,10,18,20H,5,9,11-14H2. The summed E-state index contributed by atoms with van der Waals surface area (Å²) < 4.78 is 0. The molecule has 20 heavy (non-hydrogen) atoms. The lowest BCUT2D eigenvalue weighted by Gasteiger charge is -2.35. The third kappa shape index (κ3) is 2.08. The smallest absolute Gasteiger partial charge is 0.0127 e. The van der Waals surface area contributed by atoms with Crippen LogP contribution < -0.4 is 0 Å². The zero-order valence-electron chi connectivity index (χ0n) is 12.0. The largest absolute Gasteiger partial charge is 0.0620 e. The highest BCUT2D eigenvalue weighted by molar-refractivity contribution is 5.35. The molecular formula is C20H22. The molecule has 0 aliphatic heterocycles. The minimum absolute atomic E-state index is 0.799. The van der Waals surface area contributed by atoms with E-state index in [1.54, 1.807) is 22.3 Å². The van der Waals surface area contributed by atoms with E-state index in [2.05, 4.69) is 48.5 Å². The molecule has 2 aliphatic carbocycles. The maximum Gasteiger partial charge on any atom is -0.0127 e. The van der Waals surface area contributed by atoms with E-state index in [1.807, 2.05) is 0 Å². The minimum atomic E-state index is 0.799. The van der Waals surface area contributed by atoms with E-state index in [0.29, 0.717) is 0 Å². The predicted octanol–water partition coefficient (Wildman–Crippen LogP) is 4.91. The molecule has 102 valence electrons. The van der Waals surface area contributed by atoms with Crippen molar-refractivity contribution in [3.8, 4) is 0 Å². The van der Waals surface area contributed by atoms with Gasteiger partial charge in [0.1, 0.15) is 0 Å². The maximum atomic E-state index is 2.39. The highest BCUT2D eigenvalue weighted by Gasteiger charge is 2.30. The van der Waals surface area contributed by atoms with Crippen LogP contribution in [0.25, 0.3) is 0 Å². The van der Waals surface area contributed by atoms with Gasteiger partial charge >= 0.3 is 0 Å². The van der Waals surface area contributed by atoms with Crippen LogP contribution in [0.15, 0.2) is 48.5 Å². The topological polar surface area (TPSA) is 0 Å². The van der Waals surface area contributed by atoms with Crippen molar-refractivity contribution in [3.63, 3.8) is 0 Å². The molecule has 0 fully saturated rings. The minimum Gasteiger partial charge on any atom is -0.0620 e. The second-order valence-corrected chi connectivity index (χ2v) is 6.47. The summed E-state index contributed by atoms with van der Waals surface area (Å²) in [4.78, 5) is 0. The summed E-state index contributed by atoms with van der Waals surface area (Å²) >= 11 is 0. The molecule has 0 radical (unpaired) electrons. The van der Waals surface area contributed by atoms with Crippen molar-refractivity contribution >= 4 is 0 Å². The summed E-state index contributed by atoms with van der Waals surface area (Å²) in [5, 5.41) is 0. The Labute approximate surface area is 121 Å². The van der Waals surface area contributed by atoms with Gasteiger partial charge in [0.2, 0.25) is 0 Å². The molecular weight excluding hydrogens is 240 g/mol. The lowest BCUT2D eigenvalue weighted by molar-refractivity contribution is 0.342. The molecule has 0 amide bonds. The van der Waals surface area contributed by atoms with Gasteiger partial charge in [-0.15, -0.1) is 0 Å². The van der Waals surface area contributed by atoms with Gasteiger partial charge in [0, 0.05) is 0 Å². The Hall–Kier alpha value is -1.56. The van der Waals surface area contributed by atoms with Gasteiger partial charge < -0.3 is 0 Å². The molecule has 0 spiro atoms. The van der Waals surface area contributed by atoms with E-state index in [0.717, 1.165) is 11.8 Å². The van der Waals surface area contributed by atoms with E-state index >= 15 is 0 Å². The van der Waals surface area contributed by atoms with Crippen LogP contribution in [0.3, 0.4) is 0 Å². The average Bonchev–Trinajstić information content (AvgIpc) is 2.54. The van der Waals surface area contributed by atoms with Crippen molar-refractivity contribution in [3.05, 3.63) is 70.8 Å². The van der Waals surface area contributed by atoms with Gasteiger partial charge in [-0.05, 0) is 72.6 Å². The predicted molar refractivity (Wildman–Crippen MR) is 84.1 cm³/mol. The van der Waals surface area contributed by atoms with Crippen LogP contribution in [-0.2, 0) is 19.3 Å². The van der Waals surface area contributed by atoms with Crippen molar-refractivity contribution in [2.24, 2.45) is 5.92 Å². The molecule has 0 bridgehead atoms. The number of benzene rings is 2. The normalized spacial score (nSPS) is 24.8. The molecule has 0 saturated heterocycles. The lowest BCUT2D eigenvalue weighted by Crippen LogP contribution is -2.24. The van der Waals surface area contributed by atoms with E-state index in [1.165, 1.54) is 38.5 Å². The summed E-state index contributed by atoms with van der Waals surface area (Å²) in [6, 6.07) is 18.2. The van der Waals surface area contributed by atoms with Crippen molar-refractivity contribution < 1.29 is 0 Å². The first kappa shape index (κ1) is 12.2. The quantitative estimate of drug-likeness (QED) is 0.685. The molecule has 2 unspecified atom stereocenters. The highest BCUT2D eigenvalue weighted by Crippen LogP contribution is 2.42. The van der Waals surface area contributed by atoms with Crippen molar-refractivity contribution in [1.29, 1.82) is 0 Å². The van der Waals surface area contributed by atoms with Crippen molar-refractivity contribution in [1.82, 2.24) is 0 Å². The Morgan fingerprint density at radius 2 is 1.45 bits per heavy atom. The van der Waals surface area contributed by atoms with E-state index in [4.69, 9.17) is 0 Å². The number of hydrogen-bond donors (Lipinski definition) is 0. The fourth-order valence-electron chi connectivity index (χ4n) is 4.35. The van der Waals surface area contributed by atoms with Gasteiger partial charge in [-0.3, -0.25) is 0 Å². The molecule has 2 atom stereocenters. The van der Waals surface area contributed by atoms with Crippen LogP contribution in [0.5, 0.6) is 0 Å². The van der Waals surface area contributed by atoms with Crippen LogP contribution in [0.1, 0.15) is 47.4 Å². The molecule has 0 heterocycles. The number of fused-ring (bicyclic) bond motifs is 2. The first-order valence-electron chi connectivity index (χ1n) is 8.06. The van der Waals surface area contributed by atoms with Gasteiger partial charge in [0.25, 0.3) is 0 Å². The zero-order chi connectivity index (χ0) is 13.4. The molecule has 0 nitrogen and oxygen atoms in total. The summed E-state index contributed by atoms with van der Waals surface area (Å²) in [5.41, 5.74) is 6.46. The van der Waals surface area contributed by atoms with Gasteiger partial charge in [0.15, 0.2) is 0 Å². The molecule has 2 aliphatic rings. The summed E-state index contributed by atoms with van der Waals surface area (Å²) in [7, 11) is 0. The lowest BCUT2D eigenvalue weighted by atomic mass is 9.69. The molecule has 0 saturated carbocycles. The molecule has 2 aromatic rings. The first-order chi connectivity index (χ1) is 9.92. The van der Waals surface area contributed by atoms with Crippen molar-refractivity contribution in [2.45, 2.75) is 44.4 Å². The Morgan fingerprint density at radius 1 is 0.700 bits per heavy atom. The third-order valence-electron chi connectivity index (χ3n) is 5.37. The Kier molecular flexibility index (Phi) is 3.10. The Balaban J connectivity index is 1.64. The summed E-state index contributed by atoms with van der Waals surface area (Å²) in [5.74, 6) is 1.65. The fraction of sp³-hybridized carbons (Fsp3) is 0.400. The van der Waals surface area contributed by atoms with Crippen LogP contribution in [-0.4, -0.2) is 0 Å². The first-order valence-corrected chi connectivity index (χ1v) is 8.06. The average molecular weight is 262 g/mol. The monoisotopic (exact) mass is 262 g/mol. The van der Waals surface area contributed by atoms with Crippen LogP contribution in [0.4, 0.5) is 0 Å². The Morgan fingerprint density at radius 3 is 2.35 bits per heavy atom. The maximum absolute atomic E-state index is 2.39. The van der Waals surface area contributed by atoms with Crippen LogP contribution in [0.2, 0.25) is 0 Å². The van der Waals surface area contributed by atoms with Crippen molar-refractivity contribution in [2.75, 3.05) is 0 Å². The van der Waals surface area contributed by atoms with Crippen LogP contribution in [0, 0.1) is 5.92 Å². The Bertz CT molecular complexity index is 611. The van der Waals surface area contributed by atoms with Gasteiger partial charge in [0.05, 0.1) is 0 Å². The van der Waals surface area contributed by atoms with E-state index in [-0.39, 0.29) is 0 Å². The second-order valence-electron chi connectivity index (χ2n) is 6.47. The zero-order valence-corrected chi connectivity index (χ0v) is 12.0. The SMILES string of the molecule is c1ccc2c(c1)CCC(C1CCCc3ccccc31)C2.